The van der Waals surface area contributed by atoms with Crippen LogP contribution in [-0.4, -0.2) is 40.9 Å². The summed E-state index contributed by atoms with van der Waals surface area (Å²) in [4.78, 5) is 12.9. The van der Waals surface area contributed by atoms with E-state index < -0.39 is 5.60 Å². The molecule has 112 valence electrons. The topological polar surface area (TPSA) is 49.3 Å². The Morgan fingerprint density at radius 2 is 2.00 bits per heavy atom. The summed E-state index contributed by atoms with van der Waals surface area (Å²) in [5.41, 5.74) is -0.814. The summed E-state index contributed by atoms with van der Waals surface area (Å²) in [6.07, 6.45) is 3.17. The number of benzene rings is 1. The van der Waals surface area contributed by atoms with Crippen molar-refractivity contribution in [2.45, 2.75) is 30.3 Å². The van der Waals surface area contributed by atoms with Crippen molar-refractivity contribution in [2.75, 3.05) is 24.3 Å². The van der Waals surface area contributed by atoms with Gasteiger partial charge in [0.05, 0.1) is 5.60 Å². The van der Waals surface area contributed by atoms with Gasteiger partial charge in [-0.15, -0.1) is 11.8 Å². The Kier molecular flexibility index (Phi) is 8.11. The number of thioether (sulfide) groups is 2. The molecule has 5 heteroatoms. The van der Waals surface area contributed by atoms with Crippen molar-refractivity contribution in [1.82, 2.24) is 5.32 Å². The van der Waals surface area contributed by atoms with Crippen LogP contribution in [0, 0.1) is 0 Å². The van der Waals surface area contributed by atoms with E-state index in [0.717, 1.165) is 11.5 Å². The first-order valence-corrected chi connectivity index (χ1v) is 9.07. The first-order valence-electron chi connectivity index (χ1n) is 6.69. The number of carbonyl (C=O) groups excluding carboxylic acids is 1. The largest absolute Gasteiger partial charge is 0.388 e. The lowest BCUT2D eigenvalue weighted by Gasteiger charge is -2.23. The summed E-state index contributed by atoms with van der Waals surface area (Å²) >= 11 is 3.37. The molecular weight excluding hydrogens is 290 g/mol. The highest BCUT2D eigenvalue weighted by Crippen LogP contribution is 2.17. The Bertz CT molecular complexity index is 396. The van der Waals surface area contributed by atoms with Crippen molar-refractivity contribution in [3.63, 3.8) is 0 Å². The van der Waals surface area contributed by atoms with Gasteiger partial charge in [0, 0.05) is 23.6 Å². The molecule has 0 saturated carbocycles. The molecule has 0 aromatic heterocycles. The molecular formula is C15H23NO2S2. The van der Waals surface area contributed by atoms with Gasteiger partial charge in [-0.2, -0.15) is 11.8 Å². The van der Waals surface area contributed by atoms with E-state index in [1.807, 2.05) is 36.6 Å². The van der Waals surface area contributed by atoms with Gasteiger partial charge in [0.15, 0.2) is 0 Å². The molecule has 0 fully saturated rings. The second-order valence-electron chi connectivity index (χ2n) is 4.93. The molecule has 20 heavy (non-hydrogen) atoms. The highest BCUT2D eigenvalue weighted by atomic mass is 32.2. The van der Waals surface area contributed by atoms with E-state index >= 15 is 0 Å². The van der Waals surface area contributed by atoms with Crippen LogP contribution >= 0.6 is 23.5 Å². The normalized spacial score (nSPS) is 13.8. The summed E-state index contributed by atoms with van der Waals surface area (Å²) in [6, 6.07) is 10.0. The third kappa shape index (κ3) is 7.82. The third-order valence-electron chi connectivity index (χ3n) is 2.85. The van der Waals surface area contributed by atoms with E-state index in [-0.39, 0.29) is 5.91 Å². The highest BCUT2D eigenvalue weighted by Gasteiger charge is 2.20. The van der Waals surface area contributed by atoms with E-state index in [4.69, 9.17) is 0 Å². The first kappa shape index (κ1) is 17.4. The summed E-state index contributed by atoms with van der Waals surface area (Å²) in [7, 11) is 0. The number of amides is 1. The Morgan fingerprint density at radius 3 is 2.65 bits per heavy atom. The van der Waals surface area contributed by atoms with Crippen molar-refractivity contribution in [3.05, 3.63) is 30.3 Å². The molecule has 0 heterocycles. The second-order valence-corrected chi connectivity index (χ2v) is 7.08. The Morgan fingerprint density at radius 1 is 1.30 bits per heavy atom. The summed E-state index contributed by atoms with van der Waals surface area (Å²) in [5.74, 6) is 1.65. The van der Waals surface area contributed by atoms with E-state index in [1.165, 1.54) is 4.90 Å². The molecule has 1 aromatic rings. The fraction of sp³-hybridized carbons (Fsp3) is 0.533. The maximum absolute atomic E-state index is 11.7. The smallest absolute Gasteiger partial charge is 0.220 e. The van der Waals surface area contributed by atoms with Gasteiger partial charge in [0.1, 0.15) is 0 Å². The molecule has 0 aliphatic carbocycles. The minimum Gasteiger partial charge on any atom is -0.388 e. The van der Waals surface area contributed by atoms with E-state index in [0.29, 0.717) is 19.4 Å². The molecule has 1 aromatic carbocycles. The summed E-state index contributed by atoms with van der Waals surface area (Å²) in [6.45, 7) is 2.09. The summed E-state index contributed by atoms with van der Waals surface area (Å²) < 4.78 is 0. The van der Waals surface area contributed by atoms with Gasteiger partial charge in [0.2, 0.25) is 5.91 Å². The number of hydrogen-bond donors (Lipinski definition) is 2. The zero-order valence-electron chi connectivity index (χ0n) is 12.1. The van der Waals surface area contributed by atoms with Crippen LogP contribution in [0.2, 0.25) is 0 Å². The second kappa shape index (κ2) is 9.32. The molecule has 0 aliphatic rings. The molecule has 1 atom stereocenters. The fourth-order valence-corrected chi connectivity index (χ4v) is 3.08. The van der Waals surface area contributed by atoms with Gasteiger partial charge in [-0.1, -0.05) is 18.2 Å². The number of rotatable bonds is 9. The monoisotopic (exact) mass is 313 g/mol. The Balaban J connectivity index is 2.17. The summed E-state index contributed by atoms with van der Waals surface area (Å²) in [5, 5.41) is 12.9. The van der Waals surface area contributed by atoms with Crippen molar-refractivity contribution >= 4 is 29.4 Å². The minimum absolute atomic E-state index is 0.00198. The van der Waals surface area contributed by atoms with Crippen LogP contribution in [0.25, 0.3) is 0 Å². The Labute approximate surface area is 129 Å². The zero-order chi connectivity index (χ0) is 14.8. The van der Waals surface area contributed by atoms with Gasteiger partial charge < -0.3 is 10.4 Å². The number of carbonyl (C=O) groups is 1. The van der Waals surface area contributed by atoms with Crippen LogP contribution in [0.15, 0.2) is 35.2 Å². The van der Waals surface area contributed by atoms with E-state index in [1.54, 1.807) is 30.4 Å². The lowest BCUT2D eigenvalue weighted by molar-refractivity contribution is -0.121. The molecule has 2 N–H and O–H groups in total. The van der Waals surface area contributed by atoms with E-state index in [9.17, 15) is 9.90 Å². The van der Waals surface area contributed by atoms with Gasteiger partial charge in [-0.3, -0.25) is 4.79 Å². The predicted octanol–water partition coefficient (Wildman–Crippen LogP) is 2.79. The fourth-order valence-electron chi connectivity index (χ4n) is 1.57. The third-order valence-corrected chi connectivity index (χ3v) is 4.48. The lowest BCUT2D eigenvalue weighted by Crippen LogP contribution is -2.41. The molecule has 0 saturated heterocycles. The molecule has 0 bridgehead atoms. The zero-order valence-corrected chi connectivity index (χ0v) is 13.7. The first-order chi connectivity index (χ1) is 9.53. The van der Waals surface area contributed by atoms with Gasteiger partial charge >= 0.3 is 0 Å². The molecule has 0 spiro atoms. The molecule has 3 nitrogen and oxygen atoms in total. The SMILES string of the molecule is CSCC[C@](C)(O)CNC(=O)CCSc1ccccc1. The van der Waals surface area contributed by atoms with Crippen LogP contribution in [0.4, 0.5) is 0 Å². The maximum Gasteiger partial charge on any atom is 0.220 e. The van der Waals surface area contributed by atoms with Crippen molar-refractivity contribution in [2.24, 2.45) is 0 Å². The molecule has 0 unspecified atom stereocenters. The molecule has 0 aliphatic heterocycles. The van der Waals surface area contributed by atoms with Gasteiger partial charge in [-0.25, -0.2) is 0 Å². The average Bonchev–Trinajstić information content (AvgIpc) is 2.44. The number of aliphatic hydroxyl groups is 1. The van der Waals surface area contributed by atoms with Gasteiger partial charge in [0.25, 0.3) is 0 Å². The van der Waals surface area contributed by atoms with Crippen molar-refractivity contribution in [3.8, 4) is 0 Å². The quantitative estimate of drug-likeness (QED) is 0.688. The highest BCUT2D eigenvalue weighted by molar-refractivity contribution is 7.99. The molecule has 1 rings (SSSR count). The van der Waals surface area contributed by atoms with Crippen molar-refractivity contribution in [1.29, 1.82) is 0 Å². The number of hydrogen-bond acceptors (Lipinski definition) is 4. The predicted molar refractivity (Wildman–Crippen MR) is 88.4 cm³/mol. The minimum atomic E-state index is -0.814. The van der Waals surface area contributed by atoms with Crippen LogP contribution in [0.1, 0.15) is 19.8 Å². The Hall–Kier alpha value is -0.650. The van der Waals surface area contributed by atoms with Gasteiger partial charge in [-0.05, 0) is 37.5 Å². The van der Waals surface area contributed by atoms with Crippen LogP contribution in [0.3, 0.4) is 0 Å². The maximum atomic E-state index is 11.7. The van der Waals surface area contributed by atoms with Crippen LogP contribution in [0.5, 0.6) is 0 Å². The average molecular weight is 313 g/mol. The van der Waals surface area contributed by atoms with Crippen LogP contribution in [-0.2, 0) is 4.79 Å². The lowest BCUT2D eigenvalue weighted by atomic mass is 10.0. The molecule has 0 radical (unpaired) electrons. The standard InChI is InChI=1S/C15H23NO2S2/c1-15(18,9-11-19-2)12-16-14(17)8-10-20-13-6-4-3-5-7-13/h3-7,18H,8-12H2,1-2H3,(H,16,17)/t15-/m0/s1. The van der Waals surface area contributed by atoms with E-state index in [2.05, 4.69) is 5.32 Å². The number of nitrogens with one attached hydrogen (secondary N) is 1. The van der Waals surface area contributed by atoms with Crippen LogP contribution < -0.4 is 5.32 Å². The van der Waals surface area contributed by atoms with Crippen molar-refractivity contribution < 1.29 is 9.90 Å². The molecule has 1 amide bonds.